The minimum Gasteiger partial charge on any atom is -0.464 e. The molecule has 2 aromatic rings. The van der Waals surface area contributed by atoms with Crippen LogP contribution < -0.4 is 0 Å². The molecule has 0 fully saturated rings. The van der Waals surface area contributed by atoms with Crippen molar-refractivity contribution in [3.8, 4) is 0 Å². The molecule has 4 nitrogen and oxygen atoms in total. The van der Waals surface area contributed by atoms with Crippen molar-refractivity contribution >= 4 is 40.1 Å². The molecule has 1 aromatic carbocycles. The number of aromatic amines is 1. The molecule has 0 atom stereocenters. The monoisotopic (exact) mass is 244 g/mol. The molecule has 0 aliphatic rings. The Morgan fingerprint density at radius 2 is 2.20 bits per heavy atom. The molecular formula is C9H6Cl2N2O2. The smallest absolute Gasteiger partial charge is 0.356 e. The second-order valence-electron chi connectivity index (χ2n) is 2.87. The van der Waals surface area contributed by atoms with Crippen molar-refractivity contribution in [3.05, 3.63) is 27.9 Å². The van der Waals surface area contributed by atoms with Crippen LogP contribution in [-0.4, -0.2) is 23.3 Å². The van der Waals surface area contributed by atoms with Crippen LogP contribution in [0.5, 0.6) is 0 Å². The Balaban J connectivity index is 2.74. The average Bonchev–Trinajstić information content (AvgIpc) is 2.60. The van der Waals surface area contributed by atoms with Crippen molar-refractivity contribution in [1.29, 1.82) is 0 Å². The van der Waals surface area contributed by atoms with Gasteiger partial charge in [0.2, 0.25) is 0 Å². The van der Waals surface area contributed by atoms with E-state index in [1.54, 1.807) is 12.1 Å². The summed E-state index contributed by atoms with van der Waals surface area (Å²) in [6.07, 6.45) is 0. The fourth-order valence-corrected chi connectivity index (χ4v) is 1.84. The molecule has 6 heteroatoms. The summed E-state index contributed by atoms with van der Waals surface area (Å²) in [7, 11) is 1.29. The number of hydrogen-bond acceptors (Lipinski definition) is 3. The zero-order valence-corrected chi connectivity index (χ0v) is 9.19. The van der Waals surface area contributed by atoms with Gasteiger partial charge in [-0.05, 0) is 12.1 Å². The molecule has 0 saturated heterocycles. The number of carbonyl (C=O) groups excluding carboxylic acids is 1. The van der Waals surface area contributed by atoms with Crippen LogP contribution >= 0.6 is 23.2 Å². The third-order valence-corrected chi connectivity index (χ3v) is 2.47. The maximum absolute atomic E-state index is 11.3. The van der Waals surface area contributed by atoms with E-state index in [-0.39, 0.29) is 5.69 Å². The molecule has 15 heavy (non-hydrogen) atoms. The molecule has 0 amide bonds. The van der Waals surface area contributed by atoms with E-state index >= 15 is 0 Å². The van der Waals surface area contributed by atoms with E-state index in [1.165, 1.54) is 7.11 Å². The van der Waals surface area contributed by atoms with E-state index in [2.05, 4.69) is 14.9 Å². The van der Waals surface area contributed by atoms with Gasteiger partial charge in [0.25, 0.3) is 0 Å². The van der Waals surface area contributed by atoms with Crippen molar-refractivity contribution in [2.45, 2.75) is 0 Å². The molecule has 0 radical (unpaired) electrons. The maximum atomic E-state index is 11.3. The van der Waals surface area contributed by atoms with Crippen molar-refractivity contribution in [2.24, 2.45) is 0 Å². The molecule has 0 unspecified atom stereocenters. The Morgan fingerprint density at radius 1 is 1.47 bits per heavy atom. The highest BCUT2D eigenvalue weighted by Gasteiger charge is 2.16. The van der Waals surface area contributed by atoms with Gasteiger partial charge in [-0.2, -0.15) is 5.10 Å². The lowest BCUT2D eigenvalue weighted by molar-refractivity contribution is 0.0596. The molecule has 0 spiro atoms. The van der Waals surface area contributed by atoms with E-state index in [4.69, 9.17) is 23.2 Å². The van der Waals surface area contributed by atoms with Crippen LogP contribution in [-0.2, 0) is 4.74 Å². The van der Waals surface area contributed by atoms with Gasteiger partial charge >= 0.3 is 5.97 Å². The third-order valence-electron chi connectivity index (χ3n) is 1.97. The molecule has 0 aliphatic heterocycles. The van der Waals surface area contributed by atoms with Crippen molar-refractivity contribution in [2.75, 3.05) is 7.11 Å². The number of benzene rings is 1. The fourth-order valence-electron chi connectivity index (χ4n) is 1.30. The standard InChI is InChI=1S/C9H6Cl2N2O2/c1-15-9(14)8-5-2-4(10)3-6(11)7(5)12-13-8/h2-3H,1H3,(H,12,13). The third kappa shape index (κ3) is 1.66. The number of aromatic nitrogens is 2. The summed E-state index contributed by atoms with van der Waals surface area (Å²) in [6.45, 7) is 0. The quantitative estimate of drug-likeness (QED) is 0.785. The molecule has 2 rings (SSSR count). The first-order valence-corrected chi connectivity index (χ1v) is 4.80. The van der Waals surface area contributed by atoms with E-state index in [1.807, 2.05) is 0 Å². The number of H-pyrrole nitrogens is 1. The molecule has 1 aromatic heterocycles. The first kappa shape index (κ1) is 10.3. The van der Waals surface area contributed by atoms with Crippen molar-refractivity contribution in [3.63, 3.8) is 0 Å². The van der Waals surface area contributed by atoms with Crippen molar-refractivity contribution < 1.29 is 9.53 Å². The first-order chi connectivity index (χ1) is 7.13. The second-order valence-corrected chi connectivity index (χ2v) is 3.72. The summed E-state index contributed by atoms with van der Waals surface area (Å²) < 4.78 is 4.59. The largest absolute Gasteiger partial charge is 0.464 e. The van der Waals surface area contributed by atoms with Gasteiger partial charge in [0.05, 0.1) is 12.1 Å². The van der Waals surface area contributed by atoms with Crippen LogP contribution in [0.2, 0.25) is 10.0 Å². The van der Waals surface area contributed by atoms with Crippen LogP contribution in [0.25, 0.3) is 10.9 Å². The normalized spacial score (nSPS) is 10.6. The van der Waals surface area contributed by atoms with Gasteiger partial charge in [-0.1, -0.05) is 23.2 Å². The highest BCUT2D eigenvalue weighted by Crippen LogP contribution is 2.28. The van der Waals surface area contributed by atoms with E-state index < -0.39 is 5.97 Å². The summed E-state index contributed by atoms with van der Waals surface area (Å²) in [5.41, 5.74) is 0.748. The van der Waals surface area contributed by atoms with Gasteiger partial charge in [0, 0.05) is 10.4 Å². The molecule has 0 bridgehead atoms. The first-order valence-electron chi connectivity index (χ1n) is 4.05. The van der Waals surface area contributed by atoms with Crippen LogP contribution in [0, 0.1) is 0 Å². The summed E-state index contributed by atoms with van der Waals surface area (Å²) in [6, 6.07) is 3.17. The number of ether oxygens (including phenoxy) is 1. The Bertz CT molecular complexity index is 536. The lowest BCUT2D eigenvalue weighted by Gasteiger charge is -1.97. The van der Waals surface area contributed by atoms with E-state index in [0.29, 0.717) is 20.9 Å². The molecule has 78 valence electrons. The second kappa shape index (κ2) is 3.72. The van der Waals surface area contributed by atoms with Crippen LogP contribution in [0.4, 0.5) is 0 Å². The molecule has 1 heterocycles. The number of rotatable bonds is 1. The number of carbonyl (C=O) groups is 1. The zero-order valence-electron chi connectivity index (χ0n) is 7.67. The Kier molecular flexibility index (Phi) is 2.54. The zero-order chi connectivity index (χ0) is 11.0. The summed E-state index contributed by atoms with van der Waals surface area (Å²) >= 11 is 11.7. The van der Waals surface area contributed by atoms with E-state index in [9.17, 15) is 4.79 Å². The van der Waals surface area contributed by atoms with Gasteiger partial charge in [-0.15, -0.1) is 0 Å². The van der Waals surface area contributed by atoms with Gasteiger partial charge in [0.15, 0.2) is 5.69 Å². The summed E-state index contributed by atoms with van der Waals surface area (Å²) in [4.78, 5) is 11.3. The average molecular weight is 245 g/mol. The maximum Gasteiger partial charge on any atom is 0.356 e. The van der Waals surface area contributed by atoms with E-state index in [0.717, 1.165) is 0 Å². The van der Waals surface area contributed by atoms with Gasteiger partial charge in [-0.3, -0.25) is 5.10 Å². The van der Waals surface area contributed by atoms with Crippen LogP contribution in [0.15, 0.2) is 12.1 Å². The van der Waals surface area contributed by atoms with Gasteiger partial charge < -0.3 is 4.74 Å². The lowest BCUT2D eigenvalue weighted by Crippen LogP contribution is -2.01. The number of esters is 1. The fraction of sp³-hybridized carbons (Fsp3) is 0.111. The van der Waals surface area contributed by atoms with Crippen molar-refractivity contribution in [1.82, 2.24) is 10.2 Å². The SMILES string of the molecule is COC(=O)c1[nH]nc2c(Cl)cc(Cl)cc12. The minimum absolute atomic E-state index is 0.247. The Hall–Kier alpha value is -1.26. The predicted octanol–water partition coefficient (Wildman–Crippen LogP) is 2.66. The number of nitrogens with one attached hydrogen (secondary N) is 1. The predicted molar refractivity (Wildman–Crippen MR) is 57.5 cm³/mol. The number of hydrogen-bond donors (Lipinski definition) is 1. The lowest BCUT2D eigenvalue weighted by atomic mass is 10.2. The van der Waals surface area contributed by atoms with Crippen LogP contribution in [0.3, 0.4) is 0 Å². The summed E-state index contributed by atoms with van der Waals surface area (Å²) in [5.74, 6) is -0.504. The Morgan fingerprint density at radius 3 is 2.87 bits per heavy atom. The Labute approximate surface area is 95.1 Å². The molecule has 1 N–H and O–H groups in total. The summed E-state index contributed by atoms with van der Waals surface area (Å²) in [5, 5.41) is 7.87. The number of methoxy groups -OCH3 is 1. The molecule has 0 aliphatic carbocycles. The number of nitrogens with zero attached hydrogens (tertiary/aromatic N) is 1. The molecular weight excluding hydrogens is 239 g/mol. The number of fused-ring (bicyclic) bond motifs is 1. The van der Waals surface area contributed by atoms with Crippen LogP contribution in [0.1, 0.15) is 10.5 Å². The topological polar surface area (TPSA) is 55.0 Å². The minimum atomic E-state index is -0.504. The van der Waals surface area contributed by atoms with Gasteiger partial charge in [0.1, 0.15) is 5.52 Å². The highest BCUT2D eigenvalue weighted by atomic mass is 35.5. The number of halogens is 2. The molecule has 0 saturated carbocycles. The van der Waals surface area contributed by atoms with Gasteiger partial charge in [-0.25, -0.2) is 4.79 Å². The highest BCUT2D eigenvalue weighted by molar-refractivity contribution is 6.38.